The van der Waals surface area contributed by atoms with E-state index in [1.54, 1.807) is 12.1 Å². The molecule has 2 heterocycles. The van der Waals surface area contributed by atoms with Gasteiger partial charge in [0.15, 0.2) is 0 Å². The number of amides is 1. The van der Waals surface area contributed by atoms with E-state index < -0.39 is 0 Å². The van der Waals surface area contributed by atoms with Crippen molar-refractivity contribution in [3.8, 4) is 0 Å². The number of hydrogen-bond acceptors (Lipinski definition) is 3. The fourth-order valence-electron chi connectivity index (χ4n) is 2.63. The van der Waals surface area contributed by atoms with Crippen LogP contribution in [0.15, 0.2) is 34.5 Å². The molecule has 1 saturated heterocycles. The Kier molecular flexibility index (Phi) is 2.81. The van der Waals surface area contributed by atoms with Gasteiger partial charge in [0.25, 0.3) is 0 Å². The molecule has 1 fully saturated rings. The summed E-state index contributed by atoms with van der Waals surface area (Å²) in [5, 5.41) is 8.27. The van der Waals surface area contributed by atoms with Gasteiger partial charge in [-0.05, 0) is 24.1 Å². The molecule has 2 atom stereocenters. The Hall–Kier alpha value is -1.78. The van der Waals surface area contributed by atoms with Gasteiger partial charge < -0.3 is 4.90 Å². The van der Waals surface area contributed by atoms with Crippen molar-refractivity contribution >= 4 is 5.91 Å². The molecule has 2 aliphatic rings. The molecule has 0 saturated carbocycles. The van der Waals surface area contributed by atoms with Gasteiger partial charge in [-0.25, -0.2) is 4.39 Å². The van der Waals surface area contributed by atoms with Crippen LogP contribution in [0.3, 0.4) is 0 Å². The first-order valence-corrected chi connectivity index (χ1v) is 6.17. The van der Waals surface area contributed by atoms with Crippen LogP contribution in [0.25, 0.3) is 0 Å². The summed E-state index contributed by atoms with van der Waals surface area (Å²) in [6.45, 7) is 1.33. The number of rotatable bonds is 2. The minimum Gasteiger partial charge on any atom is -0.335 e. The van der Waals surface area contributed by atoms with Gasteiger partial charge in [0.2, 0.25) is 5.91 Å². The highest BCUT2D eigenvalue weighted by molar-refractivity contribution is 5.78. The average Bonchev–Trinajstić information content (AvgIpc) is 2.98. The topological polar surface area (TPSA) is 45.0 Å². The second-order valence-electron chi connectivity index (χ2n) is 4.69. The van der Waals surface area contributed by atoms with Gasteiger partial charge in [0, 0.05) is 13.0 Å². The average molecular weight is 247 g/mol. The minimum absolute atomic E-state index is 0.00506. The number of nitrogens with zero attached hydrogens (tertiary/aromatic N) is 3. The molecule has 2 aliphatic heterocycles. The highest BCUT2D eigenvalue weighted by atomic mass is 19.1. The molecule has 1 aromatic rings. The van der Waals surface area contributed by atoms with Crippen LogP contribution in [0.1, 0.15) is 24.4 Å². The van der Waals surface area contributed by atoms with Crippen LogP contribution in [-0.2, 0) is 4.79 Å². The molecule has 0 N–H and O–H groups in total. The third kappa shape index (κ3) is 1.89. The van der Waals surface area contributed by atoms with Crippen LogP contribution in [0.2, 0.25) is 0 Å². The lowest BCUT2D eigenvalue weighted by Gasteiger charge is -2.27. The van der Waals surface area contributed by atoms with Crippen LogP contribution in [0, 0.1) is 5.82 Å². The molecule has 0 radical (unpaired) electrons. The zero-order valence-corrected chi connectivity index (χ0v) is 9.92. The van der Waals surface area contributed by atoms with E-state index in [9.17, 15) is 9.18 Å². The lowest BCUT2D eigenvalue weighted by molar-refractivity contribution is -0.129. The molecule has 0 aliphatic carbocycles. The quantitative estimate of drug-likeness (QED) is 0.791. The normalized spacial score (nSPS) is 27.2. The predicted molar refractivity (Wildman–Crippen MR) is 63.6 cm³/mol. The molecule has 4 nitrogen and oxygen atoms in total. The maximum absolute atomic E-state index is 12.9. The SMILES string of the molecule is O=C1CCCN1C1CN=NC1c1ccc(F)cc1. The van der Waals surface area contributed by atoms with Gasteiger partial charge >= 0.3 is 0 Å². The zero-order chi connectivity index (χ0) is 12.5. The zero-order valence-electron chi connectivity index (χ0n) is 9.92. The Morgan fingerprint density at radius 2 is 2.06 bits per heavy atom. The molecular formula is C13H14FN3O. The van der Waals surface area contributed by atoms with Crippen molar-refractivity contribution in [2.24, 2.45) is 10.2 Å². The smallest absolute Gasteiger partial charge is 0.223 e. The Morgan fingerprint density at radius 3 is 2.72 bits per heavy atom. The van der Waals surface area contributed by atoms with Gasteiger partial charge in [-0.3, -0.25) is 4.79 Å². The Bertz CT molecular complexity index is 486. The molecule has 18 heavy (non-hydrogen) atoms. The first kappa shape index (κ1) is 11.3. The van der Waals surface area contributed by atoms with E-state index in [-0.39, 0.29) is 23.8 Å². The summed E-state index contributed by atoms with van der Waals surface area (Å²) >= 11 is 0. The van der Waals surface area contributed by atoms with Gasteiger partial charge in [-0.1, -0.05) is 12.1 Å². The molecule has 2 unspecified atom stereocenters. The number of azo groups is 1. The van der Waals surface area contributed by atoms with Gasteiger partial charge in [-0.2, -0.15) is 10.2 Å². The van der Waals surface area contributed by atoms with Crippen molar-refractivity contribution in [3.63, 3.8) is 0 Å². The summed E-state index contributed by atoms with van der Waals surface area (Å²) in [6, 6.07) is 6.14. The van der Waals surface area contributed by atoms with Crippen LogP contribution in [0.4, 0.5) is 4.39 Å². The van der Waals surface area contributed by atoms with Crippen molar-refractivity contribution < 1.29 is 9.18 Å². The van der Waals surface area contributed by atoms with E-state index in [1.165, 1.54) is 12.1 Å². The Morgan fingerprint density at radius 1 is 1.28 bits per heavy atom. The number of benzene rings is 1. The second-order valence-corrected chi connectivity index (χ2v) is 4.69. The highest BCUT2D eigenvalue weighted by Crippen LogP contribution is 2.32. The van der Waals surface area contributed by atoms with Crippen molar-refractivity contribution in [2.75, 3.05) is 13.1 Å². The highest BCUT2D eigenvalue weighted by Gasteiger charge is 2.37. The fourth-order valence-corrected chi connectivity index (χ4v) is 2.63. The number of carbonyl (C=O) groups is 1. The van der Waals surface area contributed by atoms with Crippen molar-refractivity contribution in [1.82, 2.24) is 4.90 Å². The van der Waals surface area contributed by atoms with E-state index in [0.717, 1.165) is 18.5 Å². The maximum Gasteiger partial charge on any atom is 0.223 e. The standard InChI is InChI=1S/C13H14FN3O/c14-10-5-3-9(4-6-10)13-11(8-15-16-13)17-7-1-2-12(17)18/h3-6,11,13H,1-2,7-8H2. The second kappa shape index (κ2) is 4.48. The van der Waals surface area contributed by atoms with Crippen molar-refractivity contribution in [1.29, 1.82) is 0 Å². The van der Waals surface area contributed by atoms with Crippen LogP contribution in [0.5, 0.6) is 0 Å². The van der Waals surface area contributed by atoms with Gasteiger partial charge in [0.05, 0.1) is 12.6 Å². The predicted octanol–water partition coefficient (Wildman–Crippen LogP) is 2.32. The molecule has 5 heteroatoms. The summed E-state index contributed by atoms with van der Waals surface area (Å²) in [7, 11) is 0. The van der Waals surface area contributed by atoms with Crippen LogP contribution >= 0.6 is 0 Å². The van der Waals surface area contributed by atoms with E-state index in [4.69, 9.17) is 0 Å². The fraction of sp³-hybridized carbons (Fsp3) is 0.462. The third-order valence-electron chi connectivity index (χ3n) is 3.56. The lowest BCUT2D eigenvalue weighted by atomic mass is 10.00. The van der Waals surface area contributed by atoms with E-state index in [0.29, 0.717) is 13.0 Å². The minimum atomic E-state index is -0.262. The summed E-state index contributed by atoms with van der Waals surface area (Å²) in [4.78, 5) is 13.6. The largest absolute Gasteiger partial charge is 0.335 e. The number of halogens is 1. The Balaban J connectivity index is 1.84. The molecule has 0 bridgehead atoms. The van der Waals surface area contributed by atoms with Crippen molar-refractivity contribution in [3.05, 3.63) is 35.6 Å². The van der Waals surface area contributed by atoms with E-state index >= 15 is 0 Å². The summed E-state index contributed by atoms with van der Waals surface area (Å²) in [5.74, 6) is -0.0816. The molecule has 0 aromatic heterocycles. The van der Waals surface area contributed by atoms with Crippen LogP contribution < -0.4 is 0 Å². The molecular weight excluding hydrogens is 233 g/mol. The van der Waals surface area contributed by atoms with Crippen molar-refractivity contribution in [2.45, 2.75) is 24.9 Å². The van der Waals surface area contributed by atoms with Gasteiger partial charge in [-0.15, -0.1) is 0 Å². The number of carbonyl (C=O) groups excluding carboxylic acids is 1. The summed E-state index contributed by atoms with van der Waals surface area (Å²) in [6.07, 6.45) is 1.53. The third-order valence-corrected chi connectivity index (χ3v) is 3.56. The summed E-state index contributed by atoms with van der Waals surface area (Å²) in [5.41, 5.74) is 0.919. The van der Waals surface area contributed by atoms with Crippen LogP contribution in [-0.4, -0.2) is 29.9 Å². The van der Waals surface area contributed by atoms with E-state index in [1.807, 2.05) is 4.90 Å². The number of hydrogen-bond donors (Lipinski definition) is 0. The van der Waals surface area contributed by atoms with E-state index in [2.05, 4.69) is 10.2 Å². The monoisotopic (exact) mass is 247 g/mol. The first-order valence-electron chi connectivity index (χ1n) is 6.17. The molecule has 0 spiro atoms. The molecule has 3 rings (SSSR count). The lowest BCUT2D eigenvalue weighted by Crippen LogP contribution is -2.40. The Labute approximate surface area is 105 Å². The molecule has 1 aromatic carbocycles. The van der Waals surface area contributed by atoms with Gasteiger partial charge in [0.1, 0.15) is 11.9 Å². The summed E-state index contributed by atoms with van der Waals surface area (Å²) < 4.78 is 12.9. The molecule has 94 valence electrons. The maximum atomic E-state index is 12.9. The molecule has 1 amide bonds. The first-order chi connectivity index (χ1) is 8.75. The number of likely N-dealkylation sites (tertiary alicyclic amines) is 1.